The van der Waals surface area contributed by atoms with Crippen molar-refractivity contribution in [1.29, 1.82) is 0 Å². The molecule has 6 heteroatoms. The summed E-state index contributed by atoms with van der Waals surface area (Å²) in [6.45, 7) is 0. The van der Waals surface area contributed by atoms with Gasteiger partial charge in [0.25, 0.3) is 0 Å². The molecule has 2 aromatic rings. The van der Waals surface area contributed by atoms with E-state index in [-0.39, 0.29) is 11.3 Å². The molecule has 2 N–H and O–H groups in total. The monoisotopic (exact) mass is 317 g/mol. The summed E-state index contributed by atoms with van der Waals surface area (Å²) in [6.07, 6.45) is -4.35. The summed E-state index contributed by atoms with van der Waals surface area (Å²) >= 11 is 7.25. The molecule has 0 aliphatic carbocycles. The van der Waals surface area contributed by atoms with E-state index < -0.39 is 11.7 Å². The van der Waals surface area contributed by atoms with Crippen LogP contribution in [-0.4, -0.2) is 0 Å². The lowest BCUT2D eigenvalue weighted by Crippen LogP contribution is -2.08. The highest BCUT2D eigenvalue weighted by Crippen LogP contribution is 2.36. The molecule has 0 heterocycles. The van der Waals surface area contributed by atoms with E-state index >= 15 is 0 Å². The molecular formula is C14H11ClF3NS. The fourth-order valence-corrected chi connectivity index (χ4v) is 2.99. The van der Waals surface area contributed by atoms with Gasteiger partial charge in [0.2, 0.25) is 0 Å². The van der Waals surface area contributed by atoms with Gasteiger partial charge < -0.3 is 5.73 Å². The van der Waals surface area contributed by atoms with Crippen LogP contribution in [0.4, 0.5) is 18.9 Å². The molecule has 0 amide bonds. The molecule has 0 spiro atoms. The standard InChI is InChI=1S/C14H11ClF3NS/c15-12-7-10(19)5-6-13(12)20-8-9-3-1-2-4-11(9)14(16,17)18/h1-7H,8,19H2. The van der Waals surface area contributed by atoms with Crippen LogP contribution in [0.3, 0.4) is 0 Å². The zero-order valence-electron chi connectivity index (χ0n) is 10.2. The van der Waals surface area contributed by atoms with E-state index in [0.29, 0.717) is 15.6 Å². The molecule has 2 aromatic carbocycles. The van der Waals surface area contributed by atoms with Crippen molar-refractivity contribution in [2.75, 3.05) is 5.73 Å². The summed E-state index contributed by atoms with van der Waals surface area (Å²) in [5, 5.41) is 0.444. The van der Waals surface area contributed by atoms with Gasteiger partial charge in [-0.1, -0.05) is 29.8 Å². The molecule has 1 nitrogen and oxygen atoms in total. The van der Waals surface area contributed by atoms with Crippen LogP contribution < -0.4 is 5.73 Å². The van der Waals surface area contributed by atoms with Crippen molar-refractivity contribution in [2.24, 2.45) is 0 Å². The third-order valence-electron chi connectivity index (χ3n) is 2.66. The van der Waals surface area contributed by atoms with Crippen LogP contribution >= 0.6 is 23.4 Å². The Morgan fingerprint density at radius 2 is 1.80 bits per heavy atom. The third kappa shape index (κ3) is 3.61. The maximum atomic E-state index is 12.9. The fraction of sp³-hybridized carbons (Fsp3) is 0.143. The second-order valence-corrected chi connectivity index (χ2v) is 5.56. The zero-order valence-corrected chi connectivity index (χ0v) is 11.8. The molecule has 2 rings (SSSR count). The lowest BCUT2D eigenvalue weighted by atomic mass is 10.1. The SMILES string of the molecule is Nc1ccc(SCc2ccccc2C(F)(F)F)c(Cl)c1. The summed E-state index contributed by atoms with van der Waals surface area (Å²) in [4.78, 5) is 0.706. The number of halogens is 4. The zero-order chi connectivity index (χ0) is 14.8. The minimum absolute atomic E-state index is 0.194. The number of hydrogen-bond acceptors (Lipinski definition) is 2. The lowest BCUT2D eigenvalue weighted by molar-refractivity contribution is -0.138. The molecule has 106 valence electrons. The first-order valence-electron chi connectivity index (χ1n) is 5.71. The highest BCUT2D eigenvalue weighted by Gasteiger charge is 2.32. The molecule has 0 bridgehead atoms. The molecule has 0 aromatic heterocycles. The molecule has 0 aliphatic rings. The first-order chi connectivity index (χ1) is 9.38. The number of hydrogen-bond donors (Lipinski definition) is 1. The topological polar surface area (TPSA) is 26.0 Å². The van der Waals surface area contributed by atoms with E-state index in [0.717, 1.165) is 6.07 Å². The Morgan fingerprint density at radius 1 is 1.10 bits per heavy atom. The number of nitrogen functional groups attached to an aromatic ring is 1. The van der Waals surface area contributed by atoms with E-state index in [4.69, 9.17) is 17.3 Å². The minimum Gasteiger partial charge on any atom is -0.399 e. The van der Waals surface area contributed by atoms with Crippen LogP contribution in [0.25, 0.3) is 0 Å². The Morgan fingerprint density at radius 3 is 2.45 bits per heavy atom. The largest absolute Gasteiger partial charge is 0.416 e. The normalized spacial score (nSPS) is 11.6. The molecule has 0 fully saturated rings. The second kappa shape index (κ2) is 5.97. The molecule has 0 aliphatic heterocycles. The number of thioether (sulfide) groups is 1. The van der Waals surface area contributed by atoms with Gasteiger partial charge in [0.1, 0.15) is 0 Å². The Labute approximate surface area is 123 Å². The number of benzene rings is 2. The first-order valence-corrected chi connectivity index (χ1v) is 7.07. The maximum absolute atomic E-state index is 12.9. The van der Waals surface area contributed by atoms with Crippen LogP contribution in [0.15, 0.2) is 47.4 Å². The van der Waals surface area contributed by atoms with Crippen LogP contribution in [0.1, 0.15) is 11.1 Å². The van der Waals surface area contributed by atoms with Crippen molar-refractivity contribution in [2.45, 2.75) is 16.8 Å². The fourth-order valence-electron chi connectivity index (χ4n) is 1.71. The van der Waals surface area contributed by atoms with Gasteiger partial charge in [0, 0.05) is 16.3 Å². The molecule has 20 heavy (non-hydrogen) atoms. The Balaban J connectivity index is 2.19. The van der Waals surface area contributed by atoms with Gasteiger partial charge in [-0.15, -0.1) is 11.8 Å². The molecule has 0 atom stereocenters. The highest BCUT2D eigenvalue weighted by atomic mass is 35.5. The minimum atomic E-state index is -4.35. The van der Waals surface area contributed by atoms with E-state index in [1.807, 2.05) is 0 Å². The number of rotatable bonds is 3. The van der Waals surface area contributed by atoms with Crippen molar-refractivity contribution >= 4 is 29.1 Å². The smallest absolute Gasteiger partial charge is 0.399 e. The summed E-state index contributed by atoms with van der Waals surface area (Å²) in [7, 11) is 0. The van der Waals surface area contributed by atoms with Gasteiger partial charge in [0.05, 0.1) is 10.6 Å². The van der Waals surface area contributed by atoms with Gasteiger partial charge in [0.15, 0.2) is 0 Å². The molecule has 0 saturated heterocycles. The first kappa shape index (κ1) is 15.1. The van der Waals surface area contributed by atoms with Gasteiger partial charge in [-0.2, -0.15) is 13.2 Å². The number of nitrogens with two attached hydrogens (primary N) is 1. The average Bonchev–Trinajstić information content (AvgIpc) is 2.37. The Kier molecular flexibility index (Phi) is 4.50. The summed E-state index contributed by atoms with van der Waals surface area (Å²) in [6, 6.07) is 10.5. The Bertz CT molecular complexity index is 614. The quantitative estimate of drug-likeness (QED) is 0.619. The molecule has 0 unspecified atom stereocenters. The van der Waals surface area contributed by atoms with Crippen LogP contribution in [0, 0.1) is 0 Å². The second-order valence-electron chi connectivity index (χ2n) is 4.13. The van der Waals surface area contributed by atoms with Crippen molar-refractivity contribution in [3.05, 3.63) is 58.6 Å². The average molecular weight is 318 g/mol. The number of alkyl halides is 3. The van der Waals surface area contributed by atoms with Gasteiger partial charge >= 0.3 is 6.18 Å². The molecule has 0 saturated carbocycles. The van der Waals surface area contributed by atoms with Crippen molar-refractivity contribution < 1.29 is 13.2 Å². The van der Waals surface area contributed by atoms with Crippen LogP contribution in [0.2, 0.25) is 5.02 Å². The van der Waals surface area contributed by atoms with E-state index in [9.17, 15) is 13.2 Å². The van der Waals surface area contributed by atoms with Gasteiger partial charge in [-0.3, -0.25) is 0 Å². The number of anilines is 1. The van der Waals surface area contributed by atoms with Gasteiger partial charge in [-0.25, -0.2) is 0 Å². The predicted octanol–water partition coefficient (Wildman–Crippen LogP) is 5.23. The lowest BCUT2D eigenvalue weighted by Gasteiger charge is -2.12. The van der Waals surface area contributed by atoms with Crippen molar-refractivity contribution in [1.82, 2.24) is 0 Å². The summed E-state index contributed by atoms with van der Waals surface area (Å²) in [5.41, 5.74) is 5.72. The predicted molar refractivity (Wildman–Crippen MR) is 76.9 cm³/mol. The van der Waals surface area contributed by atoms with E-state index in [1.165, 1.54) is 23.9 Å². The Hall–Kier alpha value is -1.33. The summed E-state index contributed by atoms with van der Waals surface area (Å²) < 4.78 is 38.6. The highest BCUT2D eigenvalue weighted by molar-refractivity contribution is 7.98. The molecular weight excluding hydrogens is 307 g/mol. The van der Waals surface area contributed by atoms with Crippen LogP contribution in [0.5, 0.6) is 0 Å². The molecule has 0 radical (unpaired) electrons. The van der Waals surface area contributed by atoms with Crippen molar-refractivity contribution in [3.8, 4) is 0 Å². The summed E-state index contributed by atoms with van der Waals surface area (Å²) in [5.74, 6) is 0.194. The van der Waals surface area contributed by atoms with Crippen LogP contribution in [-0.2, 0) is 11.9 Å². The van der Waals surface area contributed by atoms with E-state index in [2.05, 4.69) is 0 Å². The van der Waals surface area contributed by atoms with E-state index in [1.54, 1.807) is 24.3 Å². The maximum Gasteiger partial charge on any atom is 0.416 e. The van der Waals surface area contributed by atoms with Gasteiger partial charge in [-0.05, 0) is 29.8 Å². The van der Waals surface area contributed by atoms with Crippen molar-refractivity contribution in [3.63, 3.8) is 0 Å². The third-order valence-corrected chi connectivity index (χ3v) is 4.21.